The Balaban J connectivity index is 1.79. The number of rotatable bonds is 1. The SMILES string of the molecule is Cc1occc1C1=NOCC12CCC1CC2C1(C)C. The zero-order valence-electron chi connectivity index (χ0n) is 11.9. The Hall–Kier alpha value is -1.25. The van der Waals surface area contributed by atoms with Gasteiger partial charge in [-0.2, -0.15) is 0 Å². The molecule has 3 nitrogen and oxygen atoms in total. The van der Waals surface area contributed by atoms with Gasteiger partial charge in [0.2, 0.25) is 0 Å². The minimum atomic E-state index is 0.132. The number of furan rings is 1. The highest BCUT2D eigenvalue weighted by molar-refractivity contribution is 6.06. The van der Waals surface area contributed by atoms with Crippen molar-refractivity contribution in [1.82, 2.24) is 0 Å². The van der Waals surface area contributed by atoms with Crippen LogP contribution in [-0.4, -0.2) is 12.3 Å². The summed E-state index contributed by atoms with van der Waals surface area (Å²) in [5.41, 5.74) is 2.87. The standard InChI is InChI=1S/C16H21NO2/c1-10-12(5-7-18-10)14-16(9-19-17-14)6-4-11-8-13(16)15(11,2)3/h5,7,11,13H,4,6,8-9H2,1-3H3. The van der Waals surface area contributed by atoms with E-state index in [0.717, 1.165) is 29.6 Å². The van der Waals surface area contributed by atoms with Gasteiger partial charge in [0.1, 0.15) is 18.1 Å². The summed E-state index contributed by atoms with van der Waals surface area (Å²) < 4.78 is 5.47. The molecule has 19 heavy (non-hydrogen) atoms. The lowest BCUT2D eigenvalue weighted by Crippen LogP contribution is -2.60. The molecule has 1 aromatic heterocycles. The molecule has 5 rings (SSSR count). The van der Waals surface area contributed by atoms with Crippen LogP contribution in [0.15, 0.2) is 21.9 Å². The minimum Gasteiger partial charge on any atom is -0.469 e. The van der Waals surface area contributed by atoms with Crippen LogP contribution in [0.25, 0.3) is 0 Å². The van der Waals surface area contributed by atoms with E-state index >= 15 is 0 Å². The van der Waals surface area contributed by atoms with Crippen LogP contribution in [0.1, 0.15) is 44.4 Å². The topological polar surface area (TPSA) is 34.7 Å². The molecular formula is C16H21NO2. The van der Waals surface area contributed by atoms with E-state index in [1.165, 1.54) is 19.3 Å². The van der Waals surface area contributed by atoms with Crippen LogP contribution in [0.4, 0.5) is 0 Å². The van der Waals surface area contributed by atoms with Crippen molar-refractivity contribution in [2.75, 3.05) is 6.61 Å². The lowest BCUT2D eigenvalue weighted by molar-refractivity contribution is -0.139. The first-order valence-electron chi connectivity index (χ1n) is 7.30. The van der Waals surface area contributed by atoms with Crippen molar-refractivity contribution in [1.29, 1.82) is 0 Å². The largest absolute Gasteiger partial charge is 0.469 e. The van der Waals surface area contributed by atoms with E-state index in [4.69, 9.17) is 9.25 Å². The van der Waals surface area contributed by atoms with Crippen LogP contribution in [0.3, 0.4) is 0 Å². The number of aryl methyl sites for hydroxylation is 1. The van der Waals surface area contributed by atoms with E-state index in [1.807, 2.05) is 13.0 Å². The Morgan fingerprint density at radius 2 is 2.21 bits per heavy atom. The van der Waals surface area contributed by atoms with Gasteiger partial charge in [-0.15, -0.1) is 0 Å². The van der Waals surface area contributed by atoms with Crippen molar-refractivity contribution < 1.29 is 9.25 Å². The molecule has 3 unspecified atom stereocenters. The summed E-state index contributed by atoms with van der Waals surface area (Å²) in [5.74, 6) is 2.56. The van der Waals surface area contributed by atoms with E-state index in [-0.39, 0.29) is 5.41 Å². The van der Waals surface area contributed by atoms with E-state index < -0.39 is 0 Å². The molecule has 3 saturated carbocycles. The van der Waals surface area contributed by atoms with Gasteiger partial charge in [-0.3, -0.25) is 0 Å². The molecule has 0 saturated heterocycles. The smallest absolute Gasteiger partial charge is 0.128 e. The highest BCUT2D eigenvalue weighted by atomic mass is 16.6. The maximum atomic E-state index is 5.56. The summed E-state index contributed by atoms with van der Waals surface area (Å²) in [5, 5.41) is 4.41. The van der Waals surface area contributed by atoms with Crippen LogP contribution in [0, 0.1) is 29.6 Å². The van der Waals surface area contributed by atoms with Gasteiger partial charge in [0.25, 0.3) is 0 Å². The molecule has 0 aromatic carbocycles. The third-order valence-corrected chi connectivity index (χ3v) is 6.14. The number of hydrogen-bond acceptors (Lipinski definition) is 3. The molecule has 0 radical (unpaired) electrons. The average Bonchev–Trinajstić information content (AvgIpc) is 2.96. The second kappa shape index (κ2) is 3.44. The van der Waals surface area contributed by atoms with Crippen molar-refractivity contribution in [3.8, 4) is 0 Å². The summed E-state index contributed by atoms with van der Waals surface area (Å²) in [4.78, 5) is 5.56. The lowest BCUT2D eigenvalue weighted by Gasteiger charge is -2.63. The van der Waals surface area contributed by atoms with Crippen molar-refractivity contribution >= 4 is 5.71 Å². The Morgan fingerprint density at radius 3 is 2.84 bits per heavy atom. The molecule has 3 aliphatic carbocycles. The van der Waals surface area contributed by atoms with E-state index in [0.29, 0.717) is 11.3 Å². The van der Waals surface area contributed by atoms with Gasteiger partial charge in [-0.1, -0.05) is 19.0 Å². The predicted octanol–water partition coefficient (Wildman–Crippen LogP) is 3.76. The third kappa shape index (κ3) is 1.26. The molecule has 1 aromatic rings. The highest BCUT2D eigenvalue weighted by Gasteiger charge is 2.64. The number of oxime groups is 1. The van der Waals surface area contributed by atoms with E-state index in [1.54, 1.807) is 6.26 Å². The number of fused-ring (bicyclic) bond motifs is 1. The Labute approximate surface area is 114 Å². The summed E-state index contributed by atoms with van der Waals surface area (Å²) in [6.45, 7) is 7.62. The van der Waals surface area contributed by atoms with Gasteiger partial charge in [0.15, 0.2) is 0 Å². The Kier molecular flexibility index (Phi) is 2.09. The highest BCUT2D eigenvalue weighted by Crippen LogP contribution is 2.67. The molecule has 2 bridgehead atoms. The van der Waals surface area contributed by atoms with Crippen LogP contribution < -0.4 is 0 Å². The second-order valence-electron chi connectivity index (χ2n) is 7.11. The number of hydrogen-bond donors (Lipinski definition) is 0. The first kappa shape index (κ1) is 11.6. The first-order chi connectivity index (χ1) is 9.06. The van der Waals surface area contributed by atoms with Crippen LogP contribution in [0.5, 0.6) is 0 Å². The lowest BCUT2D eigenvalue weighted by atomic mass is 9.40. The number of nitrogens with zero attached hydrogens (tertiary/aromatic N) is 1. The zero-order chi connectivity index (χ0) is 13.3. The molecule has 102 valence electrons. The fourth-order valence-corrected chi connectivity index (χ4v) is 4.83. The summed E-state index contributed by atoms with van der Waals surface area (Å²) >= 11 is 0. The van der Waals surface area contributed by atoms with Crippen molar-refractivity contribution in [3.63, 3.8) is 0 Å². The fourth-order valence-electron chi connectivity index (χ4n) is 4.83. The quantitative estimate of drug-likeness (QED) is 0.769. The summed E-state index contributed by atoms with van der Waals surface area (Å²) in [6, 6.07) is 2.04. The molecule has 0 amide bonds. The average molecular weight is 259 g/mol. The van der Waals surface area contributed by atoms with Gasteiger partial charge < -0.3 is 9.25 Å². The zero-order valence-corrected chi connectivity index (χ0v) is 11.9. The normalized spacial score (nSPS) is 38.8. The molecule has 3 atom stereocenters. The molecule has 2 heterocycles. The van der Waals surface area contributed by atoms with Crippen molar-refractivity contribution in [2.24, 2.45) is 27.8 Å². The molecule has 0 N–H and O–H groups in total. The first-order valence-corrected chi connectivity index (χ1v) is 7.30. The van der Waals surface area contributed by atoms with Crippen LogP contribution >= 0.6 is 0 Å². The second-order valence-corrected chi connectivity index (χ2v) is 7.11. The predicted molar refractivity (Wildman–Crippen MR) is 73.0 cm³/mol. The Morgan fingerprint density at radius 1 is 1.37 bits per heavy atom. The molecular weight excluding hydrogens is 238 g/mol. The van der Waals surface area contributed by atoms with Gasteiger partial charge in [0.05, 0.1) is 11.7 Å². The van der Waals surface area contributed by atoms with Gasteiger partial charge >= 0.3 is 0 Å². The molecule has 1 spiro atoms. The summed E-state index contributed by atoms with van der Waals surface area (Å²) in [7, 11) is 0. The van der Waals surface area contributed by atoms with Crippen molar-refractivity contribution in [2.45, 2.75) is 40.0 Å². The summed E-state index contributed by atoms with van der Waals surface area (Å²) in [6.07, 6.45) is 5.63. The molecule has 4 aliphatic rings. The van der Waals surface area contributed by atoms with Crippen LogP contribution in [-0.2, 0) is 4.84 Å². The third-order valence-electron chi connectivity index (χ3n) is 6.14. The van der Waals surface area contributed by atoms with Gasteiger partial charge in [-0.05, 0) is 49.5 Å². The van der Waals surface area contributed by atoms with Gasteiger partial charge in [0, 0.05) is 5.56 Å². The fraction of sp³-hybridized carbons (Fsp3) is 0.688. The van der Waals surface area contributed by atoms with Crippen LogP contribution in [0.2, 0.25) is 0 Å². The Bertz CT molecular complexity index is 555. The van der Waals surface area contributed by atoms with Crippen molar-refractivity contribution in [3.05, 3.63) is 23.7 Å². The maximum absolute atomic E-state index is 5.56. The van der Waals surface area contributed by atoms with E-state index in [2.05, 4.69) is 19.0 Å². The molecule has 1 aliphatic heterocycles. The minimum absolute atomic E-state index is 0.132. The molecule has 3 heteroatoms. The molecule has 3 fully saturated rings. The van der Waals surface area contributed by atoms with Gasteiger partial charge in [-0.25, -0.2) is 0 Å². The maximum Gasteiger partial charge on any atom is 0.128 e. The monoisotopic (exact) mass is 259 g/mol. The van der Waals surface area contributed by atoms with E-state index in [9.17, 15) is 0 Å².